The monoisotopic (exact) mass is 518 g/mol. The Hall–Kier alpha value is -3.16. The van der Waals surface area contributed by atoms with Gasteiger partial charge in [-0.3, -0.25) is 9.79 Å². The van der Waals surface area contributed by atoms with Gasteiger partial charge in [-0.25, -0.2) is 4.79 Å². The highest BCUT2D eigenvalue weighted by Crippen LogP contribution is 2.46. The molecular weight excluding hydrogens is 481 g/mol. The molecular formula is C29H37F3N2O3. The fourth-order valence-corrected chi connectivity index (χ4v) is 4.67. The highest BCUT2D eigenvalue weighted by Gasteiger charge is 2.48. The quantitative estimate of drug-likeness (QED) is 0.330. The van der Waals surface area contributed by atoms with Crippen molar-refractivity contribution in [3.63, 3.8) is 0 Å². The predicted octanol–water partition coefficient (Wildman–Crippen LogP) is 7.23. The summed E-state index contributed by atoms with van der Waals surface area (Å²) in [5, 5.41) is 8.38. The Kier molecular flexibility index (Phi) is 9.69. The van der Waals surface area contributed by atoms with Crippen molar-refractivity contribution in [1.29, 1.82) is 0 Å². The van der Waals surface area contributed by atoms with E-state index in [0.29, 0.717) is 17.1 Å². The van der Waals surface area contributed by atoms with E-state index in [1.54, 1.807) is 42.3 Å². The number of carboxylic acid groups (broad SMARTS) is 1. The smallest absolute Gasteiger partial charge is 0.412 e. The van der Waals surface area contributed by atoms with Crippen LogP contribution in [0.1, 0.15) is 70.2 Å². The van der Waals surface area contributed by atoms with Crippen molar-refractivity contribution in [2.24, 2.45) is 16.3 Å². The van der Waals surface area contributed by atoms with E-state index < -0.39 is 23.4 Å². The molecule has 1 spiro atoms. The van der Waals surface area contributed by atoms with Crippen molar-refractivity contribution in [3.05, 3.63) is 71.8 Å². The van der Waals surface area contributed by atoms with Gasteiger partial charge in [0, 0.05) is 12.6 Å². The number of carbonyl (C=O) groups excluding carboxylic acids is 1. The maximum absolute atomic E-state index is 12.8. The SMILES string of the molecule is C=C(/C=C\C/C(=C\C)C(F)(F)F)C1=NC2(CCC(C(C)(C)C)CC2)N(C)C1=O.O=C(O)c1ccccc1. The first-order valence-corrected chi connectivity index (χ1v) is 12.4. The summed E-state index contributed by atoms with van der Waals surface area (Å²) in [6, 6.07) is 8.30. The van der Waals surface area contributed by atoms with Gasteiger partial charge in [-0.05, 0) is 68.1 Å². The minimum atomic E-state index is -4.35. The first-order valence-electron chi connectivity index (χ1n) is 12.4. The van der Waals surface area contributed by atoms with E-state index in [2.05, 4.69) is 27.4 Å². The minimum absolute atomic E-state index is 0.203. The molecule has 0 atom stereocenters. The highest BCUT2D eigenvalue weighted by atomic mass is 19.4. The highest BCUT2D eigenvalue weighted by molar-refractivity contribution is 6.47. The Labute approximate surface area is 217 Å². The third-order valence-electron chi connectivity index (χ3n) is 7.16. The number of rotatable bonds is 5. The third kappa shape index (κ3) is 7.66. The summed E-state index contributed by atoms with van der Waals surface area (Å²) < 4.78 is 38.4. The first-order chi connectivity index (χ1) is 17.1. The molecule has 202 valence electrons. The molecule has 1 N–H and O–H groups in total. The van der Waals surface area contributed by atoms with Crippen molar-refractivity contribution >= 4 is 17.6 Å². The number of allylic oxidation sites excluding steroid dienone is 4. The second-order valence-electron chi connectivity index (χ2n) is 10.6. The number of amides is 1. The molecule has 0 radical (unpaired) electrons. The molecule has 1 fully saturated rings. The molecule has 3 rings (SSSR count). The topological polar surface area (TPSA) is 70.0 Å². The van der Waals surface area contributed by atoms with Crippen LogP contribution in [0.4, 0.5) is 13.2 Å². The van der Waals surface area contributed by atoms with Gasteiger partial charge in [0.2, 0.25) is 0 Å². The number of carboxylic acids is 1. The lowest BCUT2D eigenvalue weighted by Crippen LogP contribution is -2.47. The molecule has 8 heteroatoms. The number of hydrogen-bond acceptors (Lipinski definition) is 3. The van der Waals surface area contributed by atoms with Crippen LogP contribution < -0.4 is 0 Å². The van der Waals surface area contributed by atoms with Gasteiger partial charge < -0.3 is 10.0 Å². The van der Waals surface area contributed by atoms with Gasteiger partial charge in [0.25, 0.3) is 5.91 Å². The number of aromatic carboxylic acids is 1. The standard InChI is InChI=1S/C22H31F3N2O.C7H6O2/c1-7-16(22(23,24)25)10-8-9-15(2)18-19(28)27(6)21(26-18)13-11-17(12-14-21)20(3,4)5;8-7(9)6-4-2-1-3-5-6/h7-9,17H,2,10-14H2,1,3-6H3;1-5H,(H,8,9)/b9-8-,16-7+;. The lowest BCUT2D eigenvalue weighted by Gasteiger charge is -2.43. The van der Waals surface area contributed by atoms with Crippen molar-refractivity contribution in [2.45, 2.75) is 71.6 Å². The molecule has 5 nitrogen and oxygen atoms in total. The van der Waals surface area contributed by atoms with Gasteiger partial charge in [0.15, 0.2) is 0 Å². The Morgan fingerprint density at radius 2 is 1.76 bits per heavy atom. The van der Waals surface area contributed by atoms with Gasteiger partial charge in [0.1, 0.15) is 11.4 Å². The van der Waals surface area contributed by atoms with Gasteiger partial charge in [-0.1, -0.05) is 63.8 Å². The van der Waals surface area contributed by atoms with Crippen LogP contribution in [0, 0.1) is 11.3 Å². The Balaban J connectivity index is 0.000000449. The Morgan fingerprint density at radius 3 is 2.19 bits per heavy atom. The van der Waals surface area contributed by atoms with Crippen LogP contribution in [0.25, 0.3) is 0 Å². The Morgan fingerprint density at radius 1 is 1.19 bits per heavy atom. The molecule has 1 aromatic rings. The van der Waals surface area contributed by atoms with Gasteiger partial charge >= 0.3 is 12.1 Å². The van der Waals surface area contributed by atoms with Gasteiger partial charge in [-0.2, -0.15) is 13.2 Å². The molecule has 0 unspecified atom stereocenters. The molecule has 37 heavy (non-hydrogen) atoms. The summed E-state index contributed by atoms with van der Waals surface area (Å²) in [5.41, 5.74) is 0.0323. The maximum atomic E-state index is 12.8. The molecule has 1 aliphatic carbocycles. The van der Waals surface area contributed by atoms with Gasteiger partial charge in [0.05, 0.1) is 5.56 Å². The van der Waals surface area contributed by atoms with Crippen molar-refractivity contribution < 1.29 is 27.9 Å². The first kappa shape index (κ1) is 30.1. The number of halogens is 3. The van der Waals surface area contributed by atoms with Crippen LogP contribution >= 0.6 is 0 Å². The van der Waals surface area contributed by atoms with E-state index in [9.17, 15) is 22.8 Å². The summed E-state index contributed by atoms with van der Waals surface area (Å²) in [6.45, 7) is 11.9. The zero-order valence-electron chi connectivity index (χ0n) is 22.2. The maximum Gasteiger partial charge on any atom is 0.412 e. The molecule has 1 aliphatic heterocycles. The van der Waals surface area contributed by atoms with Crippen molar-refractivity contribution in [3.8, 4) is 0 Å². The number of nitrogens with zero attached hydrogens (tertiary/aromatic N) is 2. The average Bonchev–Trinajstić information content (AvgIpc) is 3.06. The van der Waals surface area contributed by atoms with Crippen LogP contribution in [0.15, 0.2) is 71.3 Å². The average molecular weight is 519 g/mol. The largest absolute Gasteiger partial charge is 0.478 e. The molecule has 0 saturated heterocycles. The fourth-order valence-electron chi connectivity index (χ4n) is 4.67. The number of carbonyl (C=O) groups is 2. The number of hydrogen-bond donors (Lipinski definition) is 1. The molecule has 0 bridgehead atoms. The van der Waals surface area contributed by atoms with E-state index in [0.717, 1.165) is 31.8 Å². The van der Waals surface area contributed by atoms with Crippen LogP contribution in [0.5, 0.6) is 0 Å². The molecule has 1 amide bonds. The van der Waals surface area contributed by atoms with E-state index in [-0.39, 0.29) is 23.5 Å². The lowest BCUT2D eigenvalue weighted by atomic mass is 9.69. The van der Waals surface area contributed by atoms with Crippen LogP contribution in [0.3, 0.4) is 0 Å². The molecule has 0 aromatic heterocycles. The lowest BCUT2D eigenvalue weighted by molar-refractivity contribution is -0.127. The van der Waals surface area contributed by atoms with Crippen molar-refractivity contribution in [1.82, 2.24) is 4.90 Å². The summed E-state index contributed by atoms with van der Waals surface area (Å²) in [4.78, 5) is 29.3. The number of alkyl halides is 3. The normalized spacial score (nSPS) is 22.6. The van der Waals surface area contributed by atoms with Crippen LogP contribution in [-0.4, -0.2) is 46.5 Å². The van der Waals surface area contributed by atoms with Crippen LogP contribution in [-0.2, 0) is 4.79 Å². The zero-order valence-corrected chi connectivity index (χ0v) is 22.2. The van der Waals surface area contributed by atoms with E-state index in [1.807, 2.05) is 0 Å². The number of benzene rings is 1. The summed E-state index contributed by atoms with van der Waals surface area (Å²) in [7, 11) is 1.76. The van der Waals surface area contributed by atoms with Crippen LogP contribution in [0.2, 0.25) is 0 Å². The minimum Gasteiger partial charge on any atom is -0.478 e. The summed E-state index contributed by atoms with van der Waals surface area (Å²) in [5.74, 6) is -0.493. The molecule has 1 saturated carbocycles. The second-order valence-corrected chi connectivity index (χ2v) is 10.6. The summed E-state index contributed by atoms with van der Waals surface area (Å²) >= 11 is 0. The summed E-state index contributed by atoms with van der Waals surface area (Å²) in [6.07, 6.45) is 2.91. The molecule has 1 aromatic carbocycles. The molecule has 2 aliphatic rings. The van der Waals surface area contributed by atoms with Gasteiger partial charge in [-0.15, -0.1) is 0 Å². The van der Waals surface area contributed by atoms with E-state index >= 15 is 0 Å². The fraction of sp³-hybridized carbons (Fsp3) is 0.483. The number of aliphatic imine (C=N–C) groups is 1. The van der Waals surface area contributed by atoms with E-state index in [4.69, 9.17) is 10.1 Å². The second kappa shape index (κ2) is 11.9. The molecule has 1 heterocycles. The van der Waals surface area contributed by atoms with Crippen molar-refractivity contribution in [2.75, 3.05) is 7.05 Å². The third-order valence-corrected chi connectivity index (χ3v) is 7.16. The Bertz CT molecular complexity index is 1070. The van der Waals surface area contributed by atoms with E-state index in [1.165, 1.54) is 19.1 Å². The predicted molar refractivity (Wildman–Crippen MR) is 140 cm³/mol. The zero-order chi connectivity index (χ0) is 28.0.